The SMILES string of the molecule is BrCCC/C=N/N(c1ccccc1)c1ccccc1. The Balaban J connectivity index is 2.22. The van der Waals surface area contributed by atoms with E-state index < -0.39 is 0 Å². The van der Waals surface area contributed by atoms with E-state index in [9.17, 15) is 0 Å². The van der Waals surface area contributed by atoms with Crippen LogP contribution in [0.2, 0.25) is 0 Å². The lowest BCUT2D eigenvalue weighted by molar-refractivity contribution is 1.01. The van der Waals surface area contributed by atoms with Crippen LogP contribution in [0.25, 0.3) is 0 Å². The zero-order valence-electron chi connectivity index (χ0n) is 10.7. The normalized spacial score (nSPS) is 10.8. The van der Waals surface area contributed by atoms with Gasteiger partial charge in [0.25, 0.3) is 0 Å². The van der Waals surface area contributed by atoms with E-state index in [0.717, 1.165) is 29.5 Å². The summed E-state index contributed by atoms with van der Waals surface area (Å²) in [6, 6.07) is 20.4. The third-order valence-electron chi connectivity index (χ3n) is 2.67. The van der Waals surface area contributed by atoms with Crippen LogP contribution in [0.15, 0.2) is 65.8 Å². The highest BCUT2D eigenvalue weighted by Gasteiger charge is 2.05. The second-order valence-corrected chi connectivity index (χ2v) is 4.91. The van der Waals surface area contributed by atoms with E-state index in [1.54, 1.807) is 0 Å². The lowest BCUT2D eigenvalue weighted by Gasteiger charge is -2.19. The Kier molecular flexibility index (Phi) is 5.63. The third kappa shape index (κ3) is 4.21. The Hall–Kier alpha value is -1.61. The fraction of sp³-hybridized carbons (Fsp3) is 0.188. The average Bonchev–Trinajstić information content (AvgIpc) is 2.49. The molecule has 0 aliphatic heterocycles. The molecule has 0 saturated heterocycles. The zero-order chi connectivity index (χ0) is 13.3. The molecule has 2 rings (SSSR count). The first-order valence-corrected chi connectivity index (χ1v) is 7.52. The molecule has 0 aliphatic rings. The molecule has 3 heteroatoms. The van der Waals surface area contributed by atoms with Crippen LogP contribution < -0.4 is 5.01 Å². The molecule has 0 amide bonds. The lowest BCUT2D eigenvalue weighted by atomic mass is 10.2. The van der Waals surface area contributed by atoms with Crippen LogP contribution in [-0.4, -0.2) is 11.5 Å². The van der Waals surface area contributed by atoms with Crippen molar-refractivity contribution in [3.63, 3.8) is 0 Å². The summed E-state index contributed by atoms with van der Waals surface area (Å²) in [5.41, 5.74) is 2.15. The van der Waals surface area contributed by atoms with Gasteiger partial charge in [-0.15, -0.1) is 0 Å². The van der Waals surface area contributed by atoms with Gasteiger partial charge in [-0.3, -0.25) is 0 Å². The van der Waals surface area contributed by atoms with Gasteiger partial charge in [-0.1, -0.05) is 52.3 Å². The maximum absolute atomic E-state index is 4.59. The fourth-order valence-electron chi connectivity index (χ4n) is 1.73. The summed E-state index contributed by atoms with van der Waals surface area (Å²) in [7, 11) is 0. The minimum Gasteiger partial charge on any atom is -0.234 e. The first-order chi connectivity index (χ1) is 9.42. The van der Waals surface area contributed by atoms with Crippen molar-refractivity contribution >= 4 is 33.5 Å². The topological polar surface area (TPSA) is 15.6 Å². The summed E-state index contributed by atoms with van der Waals surface area (Å²) in [6.07, 6.45) is 4.05. The predicted octanol–water partition coefficient (Wildman–Crippen LogP) is 4.99. The predicted molar refractivity (Wildman–Crippen MR) is 86.5 cm³/mol. The van der Waals surface area contributed by atoms with Gasteiger partial charge in [0.05, 0.1) is 11.4 Å². The van der Waals surface area contributed by atoms with Crippen molar-refractivity contribution in [1.82, 2.24) is 0 Å². The third-order valence-corrected chi connectivity index (χ3v) is 3.23. The number of alkyl halides is 1. The van der Waals surface area contributed by atoms with E-state index in [1.165, 1.54) is 0 Å². The van der Waals surface area contributed by atoms with E-state index in [1.807, 2.05) is 47.6 Å². The van der Waals surface area contributed by atoms with E-state index in [-0.39, 0.29) is 0 Å². The molecule has 0 radical (unpaired) electrons. The van der Waals surface area contributed by atoms with Crippen molar-refractivity contribution < 1.29 is 0 Å². The molecule has 2 aromatic rings. The first-order valence-electron chi connectivity index (χ1n) is 6.40. The molecule has 98 valence electrons. The maximum atomic E-state index is 4.59. The number of hydrazone groups is 1. The van der Waals surface area contributed by atoms with Crippen LogP contribution in [-0.2, 0) is 0 Å². The fourth-order valence-corrected chi connectivity index (χ4v) is 2.05. The van der Waals surface area contributed by atoms with Gasteiger partial charge in [-0.2, -0.15) is 5.10 Å². The van der Waals surface area contributed by atoms with Gasteiger partial charge >= 0.3 is 0 Å². The number of hydrogen-bond donors (Lipinski definition) is 0. The molecule has 0 aromatic heterocycles. The smallest absolute Gasteiger partial charge is 0.0652 e. The van der Waals surface area contributed by atoms with Gasteiger partial charge < -0.3 is 0 Å². The van der Waals surface area contributed by atoms with Gasteiger partial charge in [0.1, 0.15) is 0 Å². The largest absolute Gasteiger partial charge is 0.234 e. The summed E-state index contributed by atoms with van der Waals surface area (Å²) >= 11 is 3.43. The molecule has 0 unspecified atom stereocenters. The van der Waals surface area contributed by atoms with Gasteiger partial charge in [0.2, 0.25) is 0 Å². The van der Waals surface area contributed by atoms with Crippen LogP contribution >= 0.6 is 15.9 Å². The van der Waals surface area contributed by atoms with Crippen molar-refractivity contribution in [1.29, 1.82) is 0 Å². The van der Waals surface area contributed by atoms with Crippen molar-refractivity contribution in [2.24, 2.45) is 5.10 Å². The highest BCUT2D eigenvalue weighted by atomic mass is 79.9. The molecule has 0 fully saturated rings. The number of halogens is 1. The number of benzene rings is 2. The Bertz CT molecular complexity index is 457. The molecule has 0 saturated carbocycles. The number of hydrogen-bond acceptors (Lipinski definition) is 2. The van der Waals surface area contributed by atoms with Crippen molar-refractivity contribution in [3.8, 4) is 0 Å². The second-order valence-electron chi connectivity index (χ2n) is 4.11. The summed E-state index contributed by atoms with van der Waals surface area (Å²) in [4.78, 5) is 0. The Morgan fingerprint density at radius 3 is 1.89 bits per heavy atom. The summed E-state index contributed by atoms with van der Waals surface area (Å²) in [6.45, 7) is 0. The number of para-hydroxylation sites is 2. The standard InChI is InChI=1S/C16H17BrN2/c17-13-7-8-14-18-19(15-9-3-1-4-10-15)16-11-5-2-6-12-16/h1-6,9-12,14H,7-8,13H2/b18-14+. The van der Waals surface area contributed by atoms with Crippen LogP contribution in [0.1, 0.15) is 12.8 Å². The lowest BCUT2D eigenvalue weighted by Crippen LogP contribution is -2.08. The Labute approximate surface area is 122 Å². The molecule has 0 aliphatic carbocycles. The van der Waals surface area contributed by atoms with Crippen LogP contribution in [0.4, 0.5) is 11.4 Å². The van der Waals surface area contributed by atoms with Crippen molar-refractivity contribution in [2.75, 3.05) is 10.3 Å². The number of rotatable bonds is 6. The molecular formula is C16H17BrN2. The molecule has 2 nitrogen and oxygen atoms in total. The van der Waals surface area contributed by atoms with Crippen molar-refractivity contribution in [3.05, 3.63) is 60.7 Å². The minimum atomic E-state index is 0.974. The number of anilines is 2. The molecule has 2 aromatic carbocycles. The Morgan fingerprint density at radius 2 is 1.42 bits per heavy atom. The highest BCUT2D eigenvalue weighted by Crippen LogP contribution is 2.24. The minimum absolute atomic E-state index is 0.974. The Morgan fingerprint density at radius 1 is 0.895 bits per heavy atom. The van der Waals surface area contributed by atoms with E-state index in [0.29, 0.717) is 0 Å². The van der Waals surface area contributed by atoms with Gasteiger partial charge in [-0.25, -0.2) is 5.01 Å². The zero-order valence-corrected chi connectivity index (χ0v) is 12.3. The summed E-state index contributed by atoms with van der Waals surface area (Å²) in [5, 5.41) is 7.57. The molecular weight excluding hydrogens is 300 g/mol. The molecule has 0 bridgehead atoms. The van der Waals surface area contributed by atoms with E-state index in [2.05, 4.69) is 45.3 Å². The highest BCUT2D eigenvalue weighted by molar-refractivity contribution is 9.09. The quantitative estimate of drug-likeness (QED) is 0.317. The molecule has 0 heterocycles. The molecule has 19 heavy (non-hydrogen) atoms. The monoisotopic (exact) mass is 316 g/mol. The van der Waals surface area contributed by atoms with Gasteiger partial charge in [-0.05, 0) is 37.1 Å². The number of unbranched alkanes of at least 4 members (excludes halogenated alkanes) is 1. The average molecular weight is 317 g/mol. The van der Waals surface area contributed by atoms with Crippen molar-refractivity contribution in [2.45, 2.75) is 12.8 Å². The molecule has 0 atom stereocenters. The molecule has 0 N–H and O–H groups in total. The van der Waals surface area contributed by atoms with Crippen LogP contribution in [0.3, 0.4) is 0 Å². The van der Waals surface area contributed by atoms with Gasteiger partial charge in [0, 0.05) is 11.5 Å². The van der Waals surface area contributed by atoms with Gasteiger partial charge in [0.15, 0.2) is 0 Å². The summed E-state index contributed by atoms with van der Waals surface area (Å²) in [5.74, 6) is 0. The maximum Gasteiger partial charge on any atom is 0.0652 e. The number of nitrogens with zero attached hydrogens (tertiary/aromatic N) is 2. The molecule has 0 spiro atoms. The van der Waals surface area contributed by atoms with E-state index >= 15 is 0 Å². The van der Waals surface area contributed by atoms with Crippen LogP contribution in [0, 0.1) is 0 Å². The van der Waals surface area contributed by atoms with Crippen LogP contribution in [0.5, 0.6) is 0 Å². The van der Waals surface area contributed by atoms with E-state index in [4.69, 9.17) is 0 Å². The second kappa shape index (κ2) is 7.74. The first kappa shape index (κ1) is 13.8. The summed E-state index contributed by atoms with van der Waals surface area (Å²) < 4.78 is 0.